The van der Waals surface area contributed by atoms with Crippen LogP contribution >= 0.6 is 0 Å². The second-order valence-corrected chi connectivity index (χ2v) is 9.45. The number of rotatable bonds is 2. The Morgan fingerprint density at radius 1 is 1.08 bits per heavy atom. The molecule has 0 spiro atoms. The van der Waals surface area contributed by atoms with Gasteiger partial charge in [0, 0.05) is 0 Å². The Morgan fingerprint density at radius 3 is 2.17 bits per heavy atom. The van der Waals surface area contributed by atoms with E-state index in [1.54, 1.807) is 0 Å². The van der Waals surface area contributed by atoms with E-state index in [4.69, 9.17) is 4.66 Å². The standard InChI is InChI=1S/C10H21NSi/c1-12(2,3)11-9-10-7-5-4-6-8-10/h9-10H,4-8H2,1-3H3/b11-9+. The second kappa shape index (κ2) is 4.22. The average Bonchev–Trinajstić information content (AvgIpc) is 2.02. The zero-order chi connectivity index (χ0) is 9.03. The Kier molecular flexibility index (Phi) is 3.50. The van der Waals surface area contributed by atoms with Crippen molar-refractivity contribution in [2.75, 3.05) is 0 Å². The maximum atomic E-state index is 4.69. The number of nitrogens with zero attached hydrogens (tertiary/aromatic N) is 1. The van der Waals surface area contributed by atoms with E-state index in [2.05, 4.69) is 25.9 Å². The molecule has 0 saturated heterocycles. The largest absolute Gasteiger partial charge is 0.333 e. The molecule has 0 aromatic heterocycles. The monoisotopic (exact) mass is 183 g/mol. The molecule has 12 heavy (non-hydrogen) atoms. The molecule has 1 aliphatic carbocycles. The zero-order valence-electron chi connectivity index (χ0n) is 8.64. The summed E-state index contributed by atoms with van der Waals surface area (Å²) in [6.07, 6.45) is 9.30. The molecule has 0 N–H and O–H groups in total. The van der Waals surface area contributed by atoms with Gasteiger partial charge in [-0.05, 0) is 44.6 Å². The molecule has 2 heteroatoms. The predicted octanol–water partition coefficient (Wildman–Crippen LogP) is 3.47. The lowest BCUT2D eigenvalue weighted by molar-refractivity contribution is 0.445. The van der Waals surface area contributed by atoms with E-state index < -0.39 is 8.24 Å². The third kappa shape index (κ3) is 4.05. The molecule has 0 heterocycles. The minimum atomic E-state index is -1.17. The molecule has 0 atom stereocenters. The van der Waals surface area contributed by atoms with E-state index in [9.17, 15) is 0 Å². The van der Waals surface area contributed by atoms with Crippen LogP contribution in [-0.2, 0) is 0 Å². The Bertz CT molecular complexity index is 152. The van der Waals surface area contributed by atoms with Gasteiger partial charge in [-0.1, -0.05) is 19.3 Å². The van der Waals surface area contributed by atoms with Crippen molar-refractivity contribution in [3.8, 4) is 0 Å². The smallest absolute Gasteiger partial charge is 0.171 e. The lowest BCUT2D eigenvalue weighted by Gasteiger charge is -2.18. The van der Waals surface area contributed by atoms with E-state index in [-0.39, 0.29) is 0 Å². The van der Waals surface area contributed by atoms with Crippen molar-refractivity contribution in [3.63, 3.8) is 0 Å². The fourth-order valence-corrected chi connectivity index (χ4v) is 2.27. The van der Waals surface area contributed by atoms with Crippen LogP contribution < -0.4 is 0 Å². The van der Waals surface area contributed by atoms with Gasteiger partial charge in [0.25, 0.3) is 0 Å². The maximum Gasteiger partial charge on any atom is 0.171 e. The van der Waals surface area contributed by atoms with Gasteiger partial charge in [-0.3, -0.25) is 0 Å². The van der Waals surface area contributed by atoms with Crippen LogP contribution in [0.2, 0.25) is 19.6 Å². The Morgan fingerprint density at radius 2 is 1.67 bits per heavy atom. The van der Waals surface area contributed by atoms with E-state index in [0.717, 1.165) is 5.92 Å². The summed E-state index contributed by atoms with van der Waals surface area (Å²) in [6, 6.07) is 0. The van der Waals surface area contributed by atoms with Crippen LogP contribution in [0.1, 0.15) is 32.1 Å². The summed E-state index contributed by atoms with van der Waals surface area (Å²) in [5.41, 5.74) is 0. The normalized spacial score (nSPS) is 21.9. The molecule has 70 valence electrons. The van der Waals surface area contributed by atoms with Crippen LogP contribution in [-0.4, -0.2) is 14.5 Å². The van der Waals surface area contributed by atoms with Gasteiger partial charge in [0.1, 0.15) is 0 Å². The minimum absolute atomic E-state index is 0.811. The lowest BCUT2D eigenvalue weighted by atomic mass is 9.90. The van der Waals surface area contributed by atoms with Gasteiger partial charge in [0.2, 0.25) is 0 Å². The molecular weight excluding hydrogens is 162 g/mol. The molecule has 1 nitrogen and oxygen atoms in total. The molecule has 0 aromatic rings. The summed E-state index contributed by atoms with van der Waals surface area (Å²) in [5, 5.41) is 0. The summed E-state index contributed by atoms with van der Waals surface area (Å²) in [4.78, 5) is 0. The minimum Gasteiger partial charge on any atom is -0.333 e. The molecule has 0 bridgehead atoms. The molecule has 1 saturated carbocycles. The van der Waals surface area contributed by atoms with Crippen molar-refractivity contribution >= 4 is 14.5 Å². The van der Waals surface area contributed by atoms with Gasteiger partial charge in [-0.2, -0.15) is 0 Å². The highest BCUT2D eigenvalue weighted by atomic mass is 28.3. The third-order valence-corrected chi connectivity index (χ3v) is 3.25. The Balaban J connectivity index is 2.33. The van der Waals surface area contributed by atoms with E-state index in [0.29, 0.717) is 0 Å². The van der Waals surface area contributed by atoms with Crippen LogP contribution in [0.15, 0.2) is 4.66 Å². The van der Waals surface area contributed by atoms with Crippen molar-refractivity contribution in [1.29, 1.82) is 0 Å². The maximum absolute atomic E-state index is 4.69. The first kappa shape index (κ1) is 9.97. The molecule has 1 rings (SSSR count). The van der Waals surface area contributed by atoms with Crippen molar-refractivity contribution in [3.05, 3.63) is 0 Å². The number of hydrogen-bond donors (Lipinski definition) is 0. The van der Waals surface area contributed by atoms with E-state index in [1.807, 2.05) is 0 Å². The third-order valence-electron chi connectivity index (χ3n) is 2.32. The summed E-state index contributed by atoms with van der Waals surface area (Å²) in [7, 11) is -1.17. The highest BCUT2D eigenvalue weighted by molar-refractivity contribution is 6.75. The average molecular weight is 183 g/mol. The molecule has 1 fully saturated rings. The Hall–Kier alpha value is -0.113. The summed E-state index contributed by atoms with van der Waals surface area (Å²) in [6.45, 7) is 6.89. The molecule has 0 aliphatic heterocycles. The second-order valence-electron chi connectivity index (χ2n) is 4.85. The summed E-state index contributed by atoms with van der Waals surface area (Å²) in [5.74, 6) is 0.811. The molecule has 0 aromatic carbocycles. The van der Waals surface area contributed by atoms with E-state index >= 15 is 0 Å². The fourth-order valence-electron chi connectivity index (χ4n) is 1.61. The highest BCUT2D eigenvalue weighted by Gasteiger charge is 2.14. The van der Waals surface area contributed by atoms with Gasteiger partial charge in [0.15, 0.2) is 8.24 Å². The van der Waals surface area contributed by atoms with Crippen LogP contribution in [0.25, 0.3) is 0 Å². The van der Waals surface area contributed by atoms with Crippen LogP contribution in [0.5, 0.6) is 0 Å². The fraction of sp³-hybridized carbons (Fsp3) is 0.900. The van der Waals surface area contributed by atoms with Crippen molar-refractivity contribution in [1.82, 2.24) is 0 Å². The van der Waals surface area contributed by atoms with Gasteiger partial charge in [0.05, 0.1) is 0 Å². The zero-order valence-corrected chi connectivity index (χ0v) is 9.64. The molecule has 0 unspecified atom stereocenters. The van der Waals surface area contributed by atoms with Crippen molar-refractivity contribution in [2.45, 2.75) is 51.7 Å². The topological polar surface area (TPSA) is 12.4 Å². The quantitative estimate of drug-likeness (QED) is 0.459. The first-order chi connectivity index (χ1) is 5.58. The van der Waals surface area contributed by atoms with Gasteiger partial charge >= 0.3 is 0 Å². The molecule has 0 radical (unpaired) electrons. The van der Waals surface area contributed by atoms with Gasteiger partial charge in [-0.15, -0.1) is 0 Å². The molecular formula is C10H21NSi. The van der Waals surface area contributed by atoms with Crippen molar-refractivity contribution in [2.24, 2.45) is 10.6 Å². The lowest BCUT2D eigenvalue weighted by Crippen LogP contribution is -2.18. The summed E-state index contributed by atoms with van der Waals surface area (Å²) < 4.78 is 4.69. The first-order valence-corrected chi connectivity index (χ1v) is 8.58. The summed E-state index contributed by atoms with van der Waals surface area (Å²) >= 11 is 0. The molecule has 0 amide bonds. The number of hydrogen-bond acceptors (Lipinski definition) is 1. The molecule has 1 aliphatic rings. The van der Waals surface area contributed by atoms with Crippen LogP contribution in [0, 0.1) is 5.92 Å². The first-order valence-electron chi connectivity index (χ1n) is 5.13. The van der Waals surface area contributed by atoms with Crippen molar-refractivity contribution < 1.29 is 0 Å². The highest BCUT2D eigenvalue weighted by Crippen LogP contribution is 2.22. The van der Waals surface area contributed by atoms with Gasteiger partial charge < -0.3 is 4.66 Å². The van der Waals surface area contributed by atoms with Gasteiger partial charge in [-0.25, -0.2) is 0 Å². The SMILES string of the molecule is C[Si](C)(C)/N=C/C1CCCCC1. The predicted molar refractivity (Wildman–Crippen MR) is 58.4 cm³/mol. The van der Waals surface area contributed by atoms with E-state index in [1.165, 1.54) is 32.1 Å². The Labute approximate surface area is 77.4 Å². The van der Waals surface area contributed by atoms with Crippen LogP contribution in [0.3, 0.4) is 0 Å². The van der Waals surface area contributed by atoms with Crippen LogP contribution in [0.4, 0.5) is 0 Å².